The number of aromatic carboxylic acids is 1. The maximum atomic E-state index is 10.8. The van der Waals surface area contributed by atoms with Crippen molar-refractivity contribution < 1.29 is 14.6 Å². The first-order chi connectivity index (χ1) is 10.2. The van der Waals surface area contributed by atoms with Crippen LogP contribution in [0.2, 0.25) is 0 Å². The van der Waals surface area contributed by atoms with E-state index >= 15 is 0 Å². The molecule has 0 unspecified atom stereocenters. The molecule has 0 saturated heterocycles. The predicted molar refractivity (Wildman–Crippen MR) is 78.8 cm³/mol. The fraction of sp³-hybridized carbons (Fsp3) is 0.250. The molecular formula is C16H16N2O3. The van der Waals surface area contributed by atoms with E-state index in [0.717, 1.165) is 30.1 Å². The fourth-order valence-corrected chi connectivity index (χ4v) is 2.40. The van der Waals surface area contributed by atoms with Gasteiger partial charge in [-0.1, -0.05) is 12.1 Å². The number of carboxylic acids is 1. The van der Waals surface area contributed by atoms with Gasteiger partial charge in [0.25, 0.3) is 0 Å². The highest BCUT2D eigenvalue weighted by molar-refractivity contribution is 5.87. The Hall–Kier alpha value is -2.56. The largest absolute Gasteiger partial charge is 0.491 e. The molecule has 5 heteroatoms. The quantitative estimate of drug-likeness (QED) is 0.938. The lowest BCUT2D eigenvalue weighted by Gasteiger charge is -2.23. The molecule has 21 heavy (non-hydrogen) atoms. The highest BCUT2D eigenvalue weighted by Gasteiger charge is 2.16. The van der Waals surface area contributed by atoms with Crippen molar-refractivity contribution >= 4 is 11.7 Å². The molecule has 108 valence electrons. The van der Waals surface area contributed by atoms with E-state index in [2.05, 4.69) is 9.88 Å². The van der Waals surface area contributed by atoms with Crippen molar-refractivity contribution in [3.63, 3.8) is 0 Å². The number of hydrogen-bond acceptors (Lipinski definition) is 4. The van der Waals surface area contributed by atoms with E-state index in [4.69, 9.17) is 9.84 Å². The molecule has 0 amide bonds. The lowest BCUT2D eigenvalue weighted by molar-refractivity contribution is 0.0696. The second-order valence-corrected chi connectivity index (χ2v) is 4.93. The van der Waals surface area contributed by atoms with E-state index in [1.165, 1.54) is 6.20 Å². The number of hydrogen-bond donors (Lipinski definition) is 1. The van der Waals surface area contributed by atoms with Crippen LogP contribution < -0.4 is 9.64 Å². The molecule has 1 aliphatic rings. The molecule has 0 spiro atoms. The SMILES string of the molecule is O=C(O)c1ccc(CN2CCCOc3ccccc32)nc1. The highest BCUT2D eigenvalue weighted by Crippen LogP contribution is 2.31. The summed E-state index contributed by atoms with van der Waals surface area (Å²) < 4.78 is 5.73. The van der Waals surface area contributed by atoms with Gasteiger partial charge in [0.2, 0.25) is 0 Å². The third kappa shape index (κ3) is 2.97. The zero-order valence-corrected chi connectivity index (χ0v) is 11.5. The number of nitrogens with zero attached hydrogens (tertiary/aromatic N) is 2. The Bertz CT molecular complexity index is 640. The van der Waals surface area contributed by atoms with Gasteiger partial charge in [-0.2, -0.15) is 0 Å². The van der Waals surface area contributed by atoms with Crippen LogP contribution in [0, 0.1) is 0 Å². The Morgan fingerprint density at radius 3 is 2.90 bits per heavy atom. The van der Waals surface area contributed by atoms with Gasteiger partial charge in [0, 0.05) is 12.7 Å². The number of rotatable bonds is 3. The first-order valence-corrected chi connectivity index (χ1v) is 6.89. The van der Waals surface area contributed by atoms with Crippen LogP contribution in [0.1, 0.15) is 22.5 Å². The van der Waals surface area contributed by atoms with Crippen LogP contribution in [-0.2, 0) is 6.54 Å². The molecular weight excluding hydrogens is 268 g/mol. The van der Waals surface area contributed by atoms with Crippen molar-refractivity contribution in [3.8, 4) is 5.75 Å². The number of carboxylic acid groups (broad SMARTS) is 1. The zero-order valence-electron chi connectivity index (χ0n) is 11.5. The molecule has 0 radical (unpaired) electrons. The van der Waals surface area contributed by atoms with Gasteiger partial charge in [0.1, 0.15) is 5.75 Å². The molecule has 5 nitrogen and oxygen atoms in total. The monoisotopic (exact) mass is 284 g/mol. The predicted octanol–water partition coefficient (Wildman–Crippen LogP) is 2.57. The second-order valence-electron chi connectivity index (χ2n) is 4.93. The van der Waals surface area contributed by atoms with Crippen LogP contribution in [0.5, 0.6) is 5.75 Å². The summed E-state index contributed by atoms with van der Waals surface area (Å²) in [6.45, 7) is 2.23. The van der Waals surface area contributed by atoms with Gasteiger partial charge in [-0.25, -0.2) is 4.79 Å². The van der Waals surface area contributed by atoms with Crippen LogP contribution in [0.15, 0.2) is 42.6 Å². The normalized spacial score (nSPS) is 14.0. The van der Waals surface area contributed by atoms with Crippen LogP contribution >= 0.6 is 0 Å². The number of aromatic nitrogens is 1. The first-order valence-electron chi connectivity index (χ1n) is 6.89. The number of benzene rings is 1. The standard InChI is InChI=1S/C16H16N2O3/c19-16(20)12-6-7-13(17-10-12)11-18-8-3-9-21-15-5-2-1-4-14(15)18/h1-2,4-7,10H,3,8-9,11H2,(H,19,20). The van der Waals surface area contributed by atoms with Gasteiger partial charge in [-0.05, 0) is 30.7 Å². The minimum absolute atomic E-state index is 0.207. The lowest BCUT2D eigenvalue weighted by Crippen LogP contribution is -2.23. The molecule has 3 rings (SSSR count). The summed E-state index contributed by atoms with van der Waals surface area (Å²) in [7, 11) is 0. The molecule has 1 aromatic carbocycles. The number of anilines is 1. The number of fused-ring (bicyclic) bond motifs is 1. The molecule has 1 aromatic heterocycles. The molecule has 0 aliphatic carbocycles. The smallest absolute Gasteiger partial charge is 0.337 e. The molecule has 0 bridgehead atoms. The summed E-state index contributed by atoms with van der Waals surface area (Å²) >= 11 is 0. The van der Waals surface area contributed by atoms with E-state index < -0.39 is 5.97 Å². The average Bonchev–Trinajstić information content (AvgIpc) is 2.71. The Morgan fingerprint density at radius 2 is 2.14 bits per heavy atom. The zero-order chi connectivity index (χ0) is 14.7. The summed E-state index contributed by atoms with van der Waals surface area (Å²) in [5, 5.41) is 8.90. The van der Waals surface area contributed by atoms with Crippen molar-refractivity contribution in [1.82, 2.24) is 4.98 Å². The van der Waals surface area contributed by atoms with Crippen molar-refractivity contribution in [3.05, 3.63) is 53.9 Å². The Balaban J connectivity index is 1.82. The fourth-order valence-electron chi connectivity index (χ4n) is 2.40. The third-order valence-corrected chi connectivity index (χ3v) is 3.46. The number of pyridine rings is 1. The van der Waals surface area contributed by atoms with Crippen LogP contribution in [0.4, 0.5) is 5.69 Å². The van der Waals surface area contributed by atoms with Crippen LogP contribution in [0.25, 0.3) is 0 Å². The van der Waals surface area contributed by atoms with E-state index in [-0.39, 0.29) is 5.56 Å². The number of para-hydroxylation sites is 2. The third-order valence-electron chi connectivity index (χ3n) is 3.46. The van der Waals surface area contributed by atoms with Gasteiger partial charge < -0.3 is 14.7 Å². The summed E-state index contributed by atoms with van der Waals surface area (Å²) in [6, 6.07) is 11.3. The van der Waals surface area contributed by atoms with Gasteiger partial charge in [0.05, 0.1) is 30.1 Å². The average molecular weight is 284 g/mol. The second kappa shape index (κ2) is 5.83. The lowest BCUT2D eigenvalue weighted by atomic mass is 10.2. The molecule has 2 aromatic rings. The van der Waals surface area contributed by atoms with E-state index in [1.807, 2.05) is 24.3 Å². The van der Waals surface area contributed by atoms with E-state index in [9.17, 15) is 4.79 Å². The van der Waals surface area contributed by atoms with Gasteiger partial charge >= 0.3 is 5.97 Å². The van der Waals surface area contributed by atoms with Crippen LogP contribution in [-0.4, -0.2) is 29.2 Å². The molecule has 2 heterocycles. The van der Waals surface area contributed by atoms with Crippen molar-refractivity contribution in [2.24, 2.45) is 0 Å². The minimum atomic E-state index is -0.956. The summed E-state index contributed by atoms with van der Waals surface area (Å²) in [6.07, 6.45) is 2.35. The Morgan fingerprint density at radius 1 is 1.29 bits per heavy atom. The highest BCUT2D eigenvalue weighted by atomic mass is 16.5. The summed E-state index contributed by atoms with van der Waals surface area (Å²) in [5.41, 5.74) is 2.11. The molecule has 0 fully saturated rings. The maximum absolute atomic E-state index is 10.8. The first kappa shape index (κ1) is 13.4. The van der Waals surface area contributed by atoms with Gasteiger partial charge in [-0.3, -0.25) is 4.98 Å². The topological polar surface area (TPSA) is 62.7 Å². The van der Waals surface area contributed by atoms with Crippen LogP contribution in [0.3, 0.4) is 0 Å². The minimum Gasteiger partial charge on any atom is -0.491 e. The Labute approximate surface area is 122 Å². The molecule has 1 N–H and O–H groups in total. The number of ether oxygens (including phenoxy) is 1. The molecule has 0 saturated carbocycles. The summed E-state index contributed by atoms with van der Waals surface area (Å²) in [5.74, 6) is -0.0697. The van der Waals surface area contributed by atoms with Crippen molar-refractivity contribution in [2.45, 2.75) is 13.0 Å². The van der Waals surface area contributed by atoms with Gasteiger partial charge in [0.15, 0.2) is 0 Å². The van der Waals surface area contributed by atoms with E-state index in [1.54, 1.807) is 12.1 Å². The molecule has 1 aliphatic heterocycles. The Kier molecular flexibility index (Phi) is 3.73. The maximum Gasteiger partial charge on any atom is 0.337 e. The molecule has 0 atom stereocenters. The van der Waals surface area contributed by atoms with Gasteiger partial charge in [-0.15, -0.1) is 0 Å². The summed E-state index contributed by atoms with van der Waals surface area (Å²) in [4.78, 5) is 17.3. The van der Waals surface area contributed by atoms with Crippen molar-refractivity contribution in [1.29, 1.82) is 0 Å². The van der Waals surface area contributed by atoms with Crippen molar-refractivity contribution in [2.75, 3.05) is 18.1 Å². The van der Waals surface area contributed by atoms with E-state index in [0.29, 0.717) is 13.2 Å². The number of carbonyl (C=O) groups is 1.